The summed E-state index contributed by atoms with van der Waals surface area (Å²) in [5.74, 6) is 0.249. The standard InChI is InChI=1S/C19H20N2O/c1-2-3-14-17-18(15-10-6-4-7-11-15)20-21(19(17)22)16-12-8-5-9-13-16/h4-13,22H,2-3,14H2,1H3. The summed E-state index contributed by atoms with van der Waals surface area (Å²) < 4.78 is 1.63. The topological polar surface area (TPSA) is 38.0 Å². The van der Waals surface area contributed by atoms with Crippen LogP contribution in [0, 0.1) is 0 Å². The number of nitrogens with zero attached hydrogens (tertiary/aromatic N) is 2. The molecule has 0 amide bonds. The van der Waals surface area contributed by atoms with E-state index in [1.54, 1.807) is 4.68 Å². The molecule has 0 saturated heterocycles. The minimum Gasteiger partial charge on any atom is -0.493 e. The van der Waals surface area contributed by atoms with Gasteiger partial charge in [0, 0.05) is 11.1 Å². The van der Waals surface area contributed by atoms with E-state index in [0.29, 0.717) is 0 Å². The third-order valence-electron chi connectivity index (χ3n) is 3.78. The first-order valence-corrected chi connectivity index (χ1v) is 7.73. The summed E-state index contributed by atoms with van der Waals surface area (Å²) in [6.45, 7) is 2.15. The fourth-order valence-corrected chi connectivity index (χ4v) is 2.60. The van der Waals surface area contributed by atoms with Crippen LogP contribution >= 0.6 is 0 Å². The van der Waals surface area contributed by atoms with Crippen molar-refractivity contribution in [3.05, 3.63) is 66.2 Å². The molecule has 2 aromatic carbocycles. The van der Waals surface area contributed by atoms with Crippen molar-refractivity contribution in [2.45, 2.75) is 26.2 Å². The van der Waals surface area contributed by atoms with Crippen molar-refractivity contribution in [3.8, 4) is 22.8 Å². The van der Waals surface area contributed by atoms with Crippen molar-refractivity contribution in [2.75, 3.05) is 0 Å². The zero-order valence-corrected chi connectivity index (χ0v) is 12.7. The fraction of sp³-hybridized carbons (Fsp3) is 0.211. The molecule has 0 aliphatic carbocycles. The number of rotatable bonds is 5. The van der Waals surface area contributed by atoms with Crippen LogP contribution in [0.15, 0.2) is 60.7 Å². The predicted molar refractivity (Wildman–Crippen MR) is 89.3 cm³/mol. The lowest BCUT2D eigenvalue weighted by atomic mass is 10.0. The van der Waals surface area contributed by atoms with Gasteiger partial charge in [-0.3, -0.25) is 0 Å². The van der Waals surface area contributed by atoms with Gasteiger partial charge in [-0.1, -0.05) is 61.9 Å². The van der Waals surface area contributed by atoms with E-state index < -0.39 is 0 Å². The van der Waals surface area contributed by atoms with Crippen molar-refractivity contribution in [3.63, 3.8) is 0 Å². The van der Waals surface area contributed by atoms with Crippen LogP contribution in [0.5, 0.6) is 5.88 Å². The highest BCUT2D eigenvalue weighted by Gasteiger charge is 2.18. The minimum atomic E-state index is 0.249. The summed E-state index contributed by atoms with van der Waals surface area (Å²) in [7, 11) is 0. The van der Waals surface area contributed by atoms with Crippen molar-refractivity contribution < 1.29 is 5.11 Å². The molecule has 0 aliphatic heterocycles. The van der Waals surface area contributed by atoms with Gasteiger partial charge in [0.2, 0.25) is 5.88 Å². The SMILES string of the molecule is CCCCc1c(-c2ccccc2)nn(-c2ccccc2)c1O. The molecule has 0 atom stereocenters. The van der Waals surface area contributed by atoms with E-state index in [9.17, 15) is 5.11 Å². The zero-order chi connectivity index (χ0) is 15.4. The van der Waals surface area contributed by atoms with Crippen molar-refractivity contribution in [1.29, 1.82) is 0 Å². The molecule has 0 unspecified atom stereocenters. The summed E-state index contributed by atoms with van der Waals surface area (Å²) in [6, 6.07) is 19.8. The van der Waals surface area contributed by atoms with Crippen LogP contribution in [0.1, 0.15) is 25.3 Å². The first-order chi connectivity index (χ1) is 10.8. The lowest BCUT2D eigenvalue weighted by molar-refractivity contribution is 0.427. The van der Waals surface area contributed by atoms with Gasteiger partial charge in [0.05, 0.1) is 11.4 Å². The molecular weight excluding hydrogens is 272 g/mol. The van der Waals surface area contributed by atoms with Gasteiger partial charge in [0.1, 0.15) is 0 Å². The number of hydrogen-bond donors (Lipinski definition) is 1. The van der Waals surface area contributed by atoms with Crippen LogP contribution in [0.2, 0.25) is 0 Å². The van der Waals surface area contributed by atoms with Crippen molar-refractivity contribution in [2.24, 2.45) is 0 Å². The molecule has 1 aromatic heterocycles. The molecule has 112 valence electrons. The molecule has 3 heteroatoms. The lowest BCUT2D eigenvalue weighted by Gasteiger charge is -2.03. The Kier molecular flexibility index (Phi) is 4.24. The Morgan fingerprint density at radius 3 is 2.23 bits per heavy atom. The highest BCUT2D eigenvalue weighted by Crippen LogP contribution is 2.32. The summed E-state index contributed by atoms with van der Waals surface area (Å²) >= 11 is 0. The number of aromatic hydroxyl groups is 1. The second kappa shape index (κ2) is 6.48. The molecule has 1 heterocycles. The van der Waals surface area contributed by atoms with E-state index in [1.165, 1.54) is 0 Å². The molecule has 0 spiro atoms. The third kappa shape index (κ3) is 2.75. The van der Waals surface area contributed by atoms with E-state index in [2.05, 4.69) is 12.0 Å². The highest BCUT2D eigenvalue weighted by atomic mass is 16.3. The maximum absolute atomic E-state index is 10.7. The van der Waals surface area contributed by atoms with Crippen LogP contribution in [-0.4, -0.2) is 14.9 Å². The number of unbranched alkanes of at least 4 members (excludes halogenated alkanes) is 1. The van der Waals surface area contributed by atoms with E-state index in [1.807, 2.05) is 60.7 Å². The molecule has 3 aromatic rings. The van der Waals surface area contributed by atoms with Gasteiger partial charge in [0.15, 0.2) is 0 Å². The predicted octanol–water partition coefficient (Wildman–Crippen LogP) is 4.59. The van der Waals surface area contributed by atoms with Crippen LogP contribution in [0.3, 0.4) is 0 Å². The Hall–Kier alpha value is -2.55. The molecule has 1 N–H and O–H groups in total. The van der Waals surface area contributed by atoms with E-state index >= 15 is 0 Å². The summed E-state index contributed by atoms with van der Waals surface area (Å²) in [6.07, 6.45) is 2.96. The smallest absolute Gasteiger partial charge is 0.218 e. The Labute approximate surface area is 130 Å². The third-order valence-corrected chi connectivity index (χ3v) is 3.78. The van der Waals surface area contributed by atoms with Gasteiger partial charge in [-0.2, -0.15) is 5.10 Å². The maximum atomic E-state index is 10.7. The normalized spacial score (nSPS) is 10.8. The highest BCUT2D eigenvalue weighted by molar-refractivity contribution is 5.66. The van der Waals surface area contributed by atoms with Gasteiger partial charge in [0.25, 0.3) is 0 Å². The number of benzene rings is 2. The van der Waals surface area contributed by atoms with E-state index in [0.717, 1.165) is 41.8 Å². The van der Waals surface area contributed by atoms with Gasteiger partial charge in [-0.05, 0) is 25.0 Å². The second-order valence-electron chi connectivity index (χ2n) is 5.37. The monoisotopic (exact) mass is 292 g/mol. The Bertz CT molecular complexity index is 733. The number of para-hydroxylation sites is 1. The molecule has 3 nitrogen and oxygen atoms in total. The quantitative estimate of drug-likeness (QED) is 0.747. The number of hydrogen-bond acceptors (Lipinski definition) is 2. The molecule has 3 rings (SSSR count). The molecule has 0 aliphatic rings. The molecular formula is C19H20N2O. The summed E-state index contributed by atoms with van der Waals surface area (Å²) in [5.41, 5.74) is 3.71. The molecule has 0 bridgehead atoms. The molecule has 0 radical (unpaired) electrons. The molecule has 0 fully saturated rings. The van der Waals surface area contributed by atoms with Gasteiger partial charge >= 0.3 is 0 Å². The molecule has 22 heavy (non-hydrogen) atoms. The first kappa shape index (κ1) is 14.4. The molecule has 0 saturated carbocycles. The van der Waals surface area contributed by atoms with Gasteiger partial charge in [-0.25, -0.2) is 4.68 Å². The lowest BCUT2D eigenvalue weighted by Crippen LogP contribution is -1.95. The van der Waals surface area contributed by atoms with Crippen molar-refractivity contribution >= 4 is 0 Å². The average Bonchev–Trinajstić information content (AvgIpc) is 2.91. The van der Waals surface area contributed by atoms with Gasteiger partial charge in [-0.15, -0.1) is 0 Å². The Morgan fingerprint density at radius 1 is 0.955 bits per heavy atom. The van der Waals surface area contributed by atoms with Crippen LogP contribution in [0.25, 0.3) is 16.9 Å². The minimum absolute atomic E-state index is 0.249. The fourth-order valence-electron chi connectivity index (χ4n) is 2.60. The van der Waals surface area contributed by atoms with Crippen LogP contribution in [0.4, 0.5) is 0 Å². The average molecular weight is 292 g/mol. The zero-order valence-electron chi connectivity index (χ0n) is 12.7. The second-order valence-corrected chi connectivity index (χ2v) is 5.37. The van der Waals surface area contributed by atoms with Crippen LogP contribution in [-0.2, 0) is 6.42 Å². The number of aromatic nitrogens is 2. The Balaban J connectivity index is 2.12. The van der Waals surface area contributed by atoms with Gasteiger partial charge < -0.3 is 5.11 Å². The Morgan fingerprint density at radius 2 is 1.59 bits per heavy atom. The maximum Gasteiger partial charge on any atom is 0.218 e. The van der Waals surface area contributed by atoms with E-state index in [-0.39, 0.29) is 5.88 Å². The summed E-state index contributed by atoms with van der Waals surface area (Å²) in [4.78, 5) is 0. The van der Waals surface area contributed by atoms with Crippen LogP contribution < -0.4 is 0 Å². The van der Waals surface area contributed by atoms with Crippen molar-refractivity contribution in [1.82, 2.24) is 9.78 Å². The largest absolute Gasteiger partial charge is 0.493 e. The summed E-state index contributed by atoms with van der Waals surface area (Å²) in [5, 5.41) is 15.3. The first-order valence-electron chi connectivity index (χ1n) is 7.73. The van der Waals surface area contributed by atoms with E-state index in [4.69, 9.17) is 0 Å².